The van der Waals surface area contributed by atoms with Crippen molar-refractivity contribution in [1.29, 1.82) is 0 Å². The molecule has 1 aromatic heterocycles. The third-order valence-corrected chi connectivity index (χ3v) is 4.17. The molecule has 0 spiro atoms. The van der Waals surface area contributed by atoms with Gasteiger partial charge in [0.05, 0.1) is 18.2 Å². The van der Waals surface area contributed by atoms with E-state index in [1.165, 1.54) is 12.7 Å². The summed E-state index contributed by atoms with van der Waals surface area (Å²) in [6, 6.07) is 3.77. The second kappa shape index (κ2) is 5.83. The minimum atomic E-state index is -0.388. The third kappa shape index (κ3) is 2.29. The van der Waals surface area contributed by atoms with Crippen molar-refractivity contribution >= 4 is 28.6 Å². The van der Waals surface area contributed by atoms with Gasteiger partial charge in [-0.2, -0.15) is 0 Å². The number of aryl methyl sites for hydroxylation is 1. The highest BCUT2D eigenvalue weighted by molar-refractivity contribution is 6.29. The summed E-state index contributed by atoms with van der Waals surface area (Å²) in [5.41, 5.74) is 3.18. The number of aromatic nitrogens is 2. The van der Waals surface area contributed by atoms with Crippen LogP contribution in [0.5, 0.6) is 0 Å². The van der Waals surface area contributed by atoms with Crippen molar-refractivity contribution < 1.29 is 9.53 Å². The maximum absolute atomic E-state index is 11.9. The number of halogens is 1. The first-order valence-corrected chi connectivity index (χ1v) is 7.16. The molecule has 0 aliphatic heterocycles. The van der Waals surface area contributed by atoms with Crippen LogP contribution < -0.4 is 0 Å². The van der Waals surface area contributed by atoms with E-state index in [0.29, 0.717) is 22.3 Å². The standard InChI is InChI=1S/C15H19ClN2O2/c1-5-9(6-2)10-7-8-11(14(19)20-4)12-13(10)18(3)15(16)17-12/h7-9H,5-6H2,1-4H3. The van der Waals surface area contributed by atoms with Crippen LogP contribution in [0.3, 0.4) is 0 Å². The second-order valence-electron chi connectivity index (χ2n) is 4.84. The van der Waals surface area contributed by atoms with Crippen LogP contribution in [-0.2, 0) is 11.8 Å². The third-order valence-electron chi connectivity index (χ3n) is 3.83. The first-order valence-electron chi connectivity index (χ1n) is 6.78. The van der Waals surface area contributed by atoms with Crippen LogP contribution >= 0.6 is 11.6 Å². The number of methoxy groups -OCH3 is 1. The predicted molar refractivity (Wildman–Crippen MR) is 80.4 cm³/mol. The zero-order valence-corrected chi connectivity index (χ0v) is 13.0. The fraction of sp³-hybridized carbons (Fsp3) is 0.467. The molecular formula is C15H19ClN2O2. The van der Waals surface area contributed by atoms with E-state index in [1.54, 1.807) is 6.07 Å². The zero-order valence-electron chi connectivity index (χ0n) is 12.2. The van der Waals surface area contributed by atoms with Gasteiger partial charge in [0, 0.05) is 7.05 Å². The zero-order chi connectivity index (χ0) is 14.9. The number of benzene rings is 1. The van der Waals surface area contributed by atoms with Crippen molar-refractivity contribution in [3.8, 4) is 0 Å². The molecule has 2 rings (SSSR count). The van der Waals surface area contributed by atoms with E-state index < -0.39 is 0 Å². The molecular weight excluding hydrogens is 276 g/mol. The van der Waals surface area contributed by atoms with Gasteiger partial charge in [0.2, 0.25) is 5.28 Å². The number of carbonyl (C=O) groups excluding carboxylic acids is 1. The monoisotopic (exact) mass is 294 g/mol. The summed E-state index contributed by atoms with van der Waals surface area (Å²) in [5.74, 6) is 0.0385. The first-order chi connectivity index (χ1) is 9.54. The molecule has 0 fully saturated rings. The van der Waals surface area contributed by atoms with E-state index >= 15 is 0 Å². The highest BCUT2D eigenvalue weighted by Crippen LogP contribution is 2.33. The largest absolute Gasteiger partial charge is 0.465 e. The van der Waals surface area contributed by atoms with Crippen molar-refractivity contribution in [1.82, 2.24) is 9.55 Å². The quantitative estimate of drug-likeness (QED) is 0.803. The van der Waals surface area contributed by atoms with E-state index in [4.69, 9.17) is 16.3 Å². The number of carbonyl (C=O) groups is 1. The maximum atomic E-state index is 11.9. The topological polar surface area (TPSA) is 44.1 Å². The second-order valence-corrected chi connectivity index (χ2v) is 5.18. The van der Waals surface area contributed by atoms with Gasteiger partial charge in [-0.1, -0.05) is 19.9 Å². The summed E-state index contributed by atoms with van der Waals surface area (Å²) in [6.45, 7) is 4.32. The Balaban J connectivity index is 2.77. The Kier molecular flexibility index (Phi) is 4.33. The smallest absolute Gasteiger partial charge is 0.340 e. The highest BCUT2D eigenvalue weighted by Gasteiger charge is 2.21. The van der Waals surface area contributed by atoms with E-state index in [9.17, 15) is 4.79 Å². The molecule has 108 valence electrons. The molecule has 5 heteroatoms. The highest BCUT2D eigenvalue weighted by atomic mass is 35.5. The average molecular weight is 295 g/mol. The molecule has 0 saturated heterocycles. The van der Waals surface area contributed by atoms with E-state index in [1.807, 2.05) is 17.7 Å². The lowest BCUT2D eigenvalue weighted by Crippen LogP contribution is -2.05. The SMILES string of the molecule is CCC(CC)c1ccc(C(=O)OC)c2nc(Cl)n(C)c12. The Hall–Kier alpha value is -1.55. The van der Waals surface area contributed by atoms with Gasteiger partial charge >= 0.3 is 5.97 Å². The molecule has 1 aromatic carbocycles. The molecule has 0 aliphatic carbocycles. The number of nitrogens with zero attached hydrogens (tertiary/aromatic N) is 2. The number of ether oxygens (including phenoxy) is 1. The Morgan fingerprint density at radius 1 is 1.40 bits per heavy atom. The fourth-order valence-electron chi connectivity index (χ4n) is 2.65. The summed E-state index contributed by atoms with van der Waals surface area (Å²) in [5, 5.41) is 0.378. The number of hydrogen-bond acceptors (Lipinski definition) is 3. The van der Waals surface area contributed by atoms with Crippen LogP contribution in [-0.4, -0.2) is 22.6 Å². The van der Waals surface area contributed by atoms with Crippen LogP contribution in [0.4, 0.5) is 0 Å². The molecule has 0 radical (unpaired) electrons. The van der Waals surface area contributed by atoms with Crippen molar-refractivity contribution in [2.75, 3.05) is 7.11 Å². The van der Waals surface area contributed by atoms with Crippen LogP contribution in [0.2, 0.25) is 5.28 Å². The fourth-order valence-corrected chi connectivity index (χ4v) is 2.82. The number of hydrogen-bond donors (Lipinski definition) is 0. The Morgan fingerprint density at radius 3 is 2.60 bits per heavy atom. The van der Waals surface area contributed by atoms with Crippen molar-refractivity contribution in [3.63, 3.8) is 0 Å². The van der Waals surface area contributed by atoms with Crippen LogP contribution in [0.15, 0.2) is 12.1 Å². The van der Waals surface area contributed by atoms with Crippen molar-refractivity contribution in [3.05, 3.63) is 28.5 Å². The molecule has 4 nitrogen and oxygen atoms in total. The van der Waals surface area contributed by atoms with Crippen LogP contribution in [0.25, 0.3) is 11.0 Å². The molecule has 0 atom stereocenters. The average Bonchev–Trinajstić information content (AvgIpc) is 2.76. The number of esters is 1. The molecule has 0 bridgehead atoms. The number of fused-ring (bicyclic) bond motifs is 1. The van der Waals surface area contributed by atoms with Gasteiger partial charge in [-0.15, -0.1) is 0 Å². The Bertz CT molecular complexity index is 645. The molecule has 0 aliphatic rings. The van der Waals surface area contributed by atoms with Crippen LogP contribution in [0, 0.1) is 0 Å². The van der Waals surface area contributed by atoms with Crippen molar-refractivity contribution in [2.45, 2.75) is 32.6 Å². The molecule has 0 N–H and O–H groups in total. The van der Waals surface area contributed by atoms with Crippen molar-refractivity contribution in [2.24, 2.45) is 7.05 Å². The number of imidazole rings is 1. The summed E-state index contributed by atoms with van der Waals surface area (Å²) in [7, 11) is 3.23. The molecule has 1 heterocycles. The molecule has 2 aromatic rings. The van der Waals surface area contributed by atoms with Crippen LogP contribution in [0.1, 0.15) is 48.5 Å². The number of rotatable bonds is 4. The molecule has 20 heavy (non-hydrogen) atoms. The van der Waals surface area contributed by atoms with Gasteiger partial charge < -0.3 is 9.30 Å². The summed E-state index contributed by atoms with van der Waals surface area (Å²) in [4.78, 5) is 16.2. The first kappa shape index (κ1) is 14.9. The Labute approximate surface area is 123 Å². The lowest BCUT2D eigenvalue weighted by Gasteiger charge is -2.16. The summed E-state index contributed by atoms with van der Waals surface area (Å²) in [6.07, 6.45) is 2.07. The van der Waals surface area contributed by atoms with Gasteiger partial charge in [0.25, 0.3) is 0 Å². The van der Waals surface area contributed by atoms with Gasteiger partial charge in [0.15, 0.2) is 0 Å². The minimum absolute atomic E-state index is 0.378. The molecule has 0 amide bonds. The summed E-state index contributed by atoms with van der Waals surface area (Å²) < 4.78 is 6.65. The summed E-state index contributed by atoms with van der Waals surface area (Å²) >= 11 is 6.13. The van der Waals surface area contributed by atoms with E-state index in [-0.39, 0.29) is 5.97 Å². The minimum Gasteiger partial charge on any atom is -0.465 e. The Morgan fingerprint density at radius 2 is 2.05 bits per heavy atom. The van der Waals surface area contributed by atoms with E-state index in [2.05, 4.69) is 18.8 Å². The lowest BCUT2D eigenvalue weighted by atomic mass is 9.91. The molecule has 0 unspecified atom stereocenters. The predicted octanol–water partition coefficient (Wildman–Crippen LogP) is 3.92. The maximum Gasteiger partial charge on any atom is 0.340 e. The van der Waals surface area contributed by atoms with Gasteiger partial charge in [-0.25, -0.2) is 9.78 Å². The van der Waals surface area contributed by atoms with E-state index in [0.717, 1.165) is 18.4 Å². The van der Waals surface area contributed by atoms with Gasteiger partial charge in [-0.05, 0) is 42.0 Å². The normalized spacial score (nSPS) is 11.3. The lowest BCUT2D eigenvalue weighted by molar-refractivity contribution is 0.0603. The van der Waals surface area contributed by atoms with Gasteiger partial charge in [-0.3, -0.25) is 0 Å². The molecule has 0 saturated carbocycles. The van der Waals surface area contributed by atoms with Gasteiger partial charge in [0.1, 0.15) is 5.52 Å².